The molecule has 0 amide bonds. The van der Waals surface area contributed by atoms with Crippen LogP contribution in [0.4, 0.5) is 0 Å². The van der Waals surface area contributed by atoms with Gasteiger partial charge in [-0.05, 0) is 31.0 Å². The Hall–Kier alpha value is -1.26. The third-order valence-corrected chi connectivity index (χ3v) is 5.32. The molecule has 112 valence electrons. The van der Waals surface area contributed by atoms with Crippen LogP contribution in [0.3, 0.4) is 0 Å². The molecular formula is C17H23N3S. The highest BCUT2D eigenvalue weighted by molar-refractivity contribution is 7.99. The monoisotopic (exact) mass is 301 g/mol. The third-order valence-electron chi connectivity index (χ3n) is 4.33. The average molecular weight is 301 g/mol. The van der Waals surface area contributed by atoms with Crippen molar-refractivity contribution in [3.05, 3.63) is 49.1 Å². The molecule has 1 aromatic carbocycles. The molecular weight excluding hydrogens is 278 g/mol. The van der Waals surface area contributed by atoms with Crippen molar-refractivity contribution in [1.29, 1.82) is 0 Å². The zero-order valence-corrected chi connectivity index (χ0v) is 13.4. The Kier molecular flexibility index (Phi) is 4.99. The first-order valence-electron chi connectivity index (χ1n) is 7.70. The molecule has 0 unspecified atom stereocenters. The van der Waals surface area contributed by atoms with Crippen LogP contribution in [-0.4, -0.2) is 39.8 Å². The summed E-state index contributed by atoms with van der Waals surface area (Å²) in [6.07, 6.45) is 7.22. The maximum absolute atomic E-state index is 4.20. The Labute approximate surface area is 131 Å². The summed E-state index contributed by atoms with van der Waals surface area (Å²) in [7, 11) is 0. The summed E-state index contributed by atoms with van der Waals surface area (Å²) in [5.74, 6) is 1.90. The Bertz CT molecular complexity index is 526. The second-order valence-corrected chi connectivity index (χ2v) is 6.97. The summed E-state index contributed by atoms with van der Waals surface area (Å²) >= 11 is 1.95. The lowest BCUT2D eigenvalue weighted by molar-refractivity contribution is 0.139. The summed E-state index contributed by atoms with van der Waals surface area (Å²) in [6.45, 7) is 5.90. The van der Waals surface area contributed by atoms with Crippen molar-refractivity contribution in [3.8, 4) is 0 Å². The maximum Gasteiger partial charge on any atom is 0.0949 e. The minimum absolute atomic E-state index is 0.572. The molecule has 1 aromatic heterocycles. The van der Waals surface area contributed by atoms with E-state index in [4.69, 9.17) is 0 Å². The van der Waals surface area contributed by atoms with Gasteiger partial charge in [0.05, 0.1) is 6.33 Å². The lowest BCUT2D eigenvalue weighted by Gasteiger charge is -2.37. The van der Waals surface area contributed by atoms with Gasteiger partial charge in [0, 0.05) is 42.2 Å². The maximum atomic E-state index is 4.20. The predicted octanol–water partition coefficient (Wildman–Crippen LogP) is 3.56. The van der Waals surface area contributed by atoms with Gasteiger partial charge in [-0.1, -0.05) is 25.1 Å². The molecule has 3 nitrogen and oxygen atoms in total. The molecule has 4 heteroatoms. The van der Waals surface area contributed by atoms with Crippen LogP contribution in [0.25, 0.3) is 0 Å². The number of nitrogens with zero attached hydrogens (tertiary/aromatic N) is 3. The quantitative estimate of drug-likeness (QED) is 0.788. The van der Waals surface area contributed by atoms with Crippen molar-refractivity contribution in [1.82, 2.24) is 14.5 Å². The molecule has 2 heterocycles. The molecule has 1 saturated heterocycles. The van der Waals surface area contributed by atoms with Crippen LogP contribution in [0.15, 0.2) is 53.9 Å². The lowest BCUT2D eigenvalue weighted by atomic mass is 9.93. The zero-order chi connectivity index (χ0) is 14.5. The van der Waals surface area contributed by atoms with Crippen molar-refractivity contribution in [2.75, 3.05) is 25.4 Å². The number of likely N-dealkylation sites (tertiary alicyclic amines) is 1. The highest BCUT2D eigenvalue weighted by atomic mass is 32.2. The molecule has 1 fully saturated rings. The number of piperidine rings is 1. The van der Waals surface area contributed by atoms with Crippen LogP contribution in [-0.2, 0) is 0 Å². The number of hydrogen-bond donors (Lipinski definition) is 0. The lowest BCUT2D eigenvalue weighted by Crippen LogP contribution is -2.41. The highest BCUT2D eigenvalue weighted by Crippen LogP contribution is 2.27. The number of aromatic nitrogens is 2. The first-order valence-corrected chi connectivity index (χ1v) is 8.69. The van der Waals surface area contributed by atoms with Crippen LogP contribution in [0.1, 0.15) is 19.4 Å². The highest BCUT2D eigenvalue weighted by Gasteiger charge is 2.26. The standard InChI is InChI=1S/C17H23N3S/c1-15-7-9-19(13-17(15)20-10-8-18-14-20)11-12-21-16-5-3-2-4-6-16/h2-6,8,10,14-15,17H,7,9,11-13H2,1H3/t15-,17-/m1/s1. The van der Waals surface area contributed by atoms with E-state index in [0.29, 0.717) is 6.04 Å². The van der Waals surface area contributed by atoms with Gasteiger partial charge in [-0.3, -0.25) is 0 Å². The Morgan fingerprint density at radius 1 is 1.29 bits per heavy atom. The zero-order valence-electron chi connectivity index (χ0n) is 12.6. The van der Waals surface area contributed by atoms with Crippen molar-refractivity contribution < 1.29 is 0 Å². The van der Waals surface area contributed by atoms with Crippen LogP contribution in [0.2, 0.25) is 0 Å². The summed E-state index contributed by atoms with van der Waals surface area (Å²) < 4.78 is 2.28. The van der Waals surface area contributed by atoms with Gasteiger partial charge >= 0.3 is 0 Å². The minimum atomic E-state index is 0.572. The molecule has 0 radical (unpaired) electrons. The van der Waals surface area contributed by atoms with Crippen molar-refractivity contribution in [2.24, 2.45) is 5.92 Å². The van der Waals surface area contributed by atoms with E-state index in [1.807, 2.05) is 24.3 Å². The normalized spacial score (nSPS) is 23.3. The predicted molar refractivity (Wildman–Crippen MR) is 88.7 cm³/mol. The average Bonchev–Trinajstić information content (AvgIpc) is 3.04. The van der Waals surface area contributed by atoms with Crippen LogP contribution in [0, 0.1) is 5.92 Å². The topological polar surface area (TPSA) is 21.1 Å². The molecule has 2 aromatic rings. The molecule has 21 heavy (non-hydrogen) atoms. The molecule has 0 N–H and O–H groups in total. The van der Waals surface area contributed by atoms with E-state index in [2.05, 4.69) is 57.9 Å². The first kappa shape index (κ1) is 14.7. The Balaban J connectivity index is 1.50. The van der Waals surface area contributed by atoms with Gasteiger partial charge in [0.1, 0.15) is 0 Å². The molecule has 0 spiro atoms. The fraction of sp³-hybridized carbons (Fsp3) is 0.471. The van der Waals surface area contributed by atoms with E-state index in [9.17, 15) is 0 Å². The van der Waals surface area contributed by atoms with E-state index in [-0.39, 0.29) is 0 Å². The molecule has 1 aliphatic rings. The molecule has 0 saturated carbocycles. The van der Waals surface area contributed by atoms with Gasteiger partial charge in [-0.25, -0.2) is 4.98 Å². The molecule has 1 aliphatic heterocycles. The molecule has 0 aliphatic carbocycles. The van der Waals surface area contributed by atoms with E-state index in [1.54, 1.807) is 0 Å². The van der Waals surface area contributed by atoms with Gasteiger partial charge in [0.2, 0.25) is 0 Å². The van der Waals surface area contributed by atoms with E-state index in [0.717, 1.165) is 24.8 Å². The second-order valence-electron chi connectivity index (χ2n) is 5.81. The third kappa shape index (κ3) is 3.89. The first-order chi connectivity index (χ1) is 10.3. The SMILES string of the molecule is C[C@@H]1CCN(CCSc2ccccc2)C[C@H]1n1ccnc1. The van der Waals surface area contributed by atoms with Gasteiger partial charge in [-0.15, -0.1) is 11.8 Å². The number of rotatable bonds is 5. The minimum Gasteiger partial charge on any atom is -0.333 e. The number of benzene rings is 1. The smallest absolute Gasteiger partial charge is 0.0949 e. The number of imidazole rings is 1. The summed E-state index contributed by atoms with van der Waals surface area (Å²) in [6, 6.07) is 11.3. The largest absolute Gasteiger partial charge is 0.333 e. The second kappa shape index (κ2) is 7.14. The van der Waals surface area contributed by atoms with Crippen LogP contribution >= 0.6 is 11.8 Å². The van der Waals surface area contributed by atoms with Crippen LogP contribution < -0.4 is 0 Å². The molecule has 0 bridgehead atoms. The van der Waals surface area contributed by atoms with Gasteiger partial charge in [0.25, 0.3) is 0 Å². The van der Waals surface area contributed by atoms with E-state index in [1.165, 1.54) is 17.9 Å². The fourth-order valence-electron chi connectivity index (χ4n) is 2.98. The number of thioether (sulfide) groups is 1. The van der Waals surface area contributed by atoms with E-state index < -0.39 is 0 Å². The summed E-state index contributed by atoms with van der Waals surface area (Å²) in [5, 5.41) is 0. The summed E-state index contributed by atoms with van der Waals surface area (Å²) in [5.41, 5.74) is 0. The molecule has 2 atom stereocenters. The van der Waals surface area contributed by atoms with Gasteiger partial charge < -0.3 is 9.47 Å². The summed E-state index contributed by atoms with van der Waals surface area (Å²) in [4.78, 5) is 8.17. The van der Waals surface area contributed by atoms with Gasteiger partial charge in [0.15, 0.2) is 0 Å². The Morgan fingerprint density at radius 3 is 2.90 bits per heavy atom. The van der Waals surface area contributed by atoms with Crippen molar-refractivity contribution >= 4 is 11.8 Å². The Morgan fingerprint density at radius 2 is 2.14 bits per heavy atom. The van der Waals surface area contributed by atoms with Gasteiger partial charge in [-0.2, -0.15) is 0 Å². The van der Waals surface area contributed by atoms with Crippen molar-refractivity contribution in [2.45, 2.75) is 24.3 Å². The fourth-order valence-corrected chi connectivity index (χ4v) is 3.92. The number of hydrogen-bond acceptors (Lipinski definition) is 3. The van der Waals surface area contributed by atoms with E-state index >= 15 is 0 Å². The van der Waals surface area contributed by atoms with Crippen molar-refractivity contribution in [3.63, 3.8) is 0 Å². The van der Waals surface area contributed by atoms with Crippen LogP contribution in [0.5, 0.6) is 0 Å². The molecule has 3 rings (SSSR count).